The standard InChI is InChI=1S/C12H17NO3/c1-4-13-12(14)9-5-6-11(16-3)10(7-9)8-15-2/h5-7H,4,8H2,1-3H3,(H,13,14). The lowest BCUT2D eigenvalue weighted by Gasteiger charge is -2.09. The van der Waals surface area contributed by atoms with Crippen molar-refractivity contribution in [2.45, 2.75) is 13.5 Å². The molecule has 1 rings (SSSR count). The molecule has 1 aromatic rings. The fourth-order valence-corrected chi connectivity index (χ4v) is 1.45. The monoisotopic (exact) mass is 223 g/mol. The van der Waals surface area contributed by atoms with Crippen LogP contribution in [0.15, 0.2) is 18.2 Å². The second-order valence-electron chi connectivity index (χ2n) is 3.32. The third-order valence-corrected chi connectivity index (χ3v) is 2.18. The van der Waals surface area contributed by atoms with E-state index in [2.05, 4.69) is 5.32 Å². The molecule has 0 atom stereocenters. The van der Waals surface area contributed by atoms with Crippen LogP contribution >= 0.6 is 0 Å². The molecule has 1 N–H and O–H groups in total. The number of methoxy groups -OCH3 is 2. The number of hydrogen-bond acceptors (Lipinski definition) is 3. The van der Waals surface area contributed by atoms with Gasteiger partial charge in [-0.1, -0.05) is 0 Å². The summed E-state index contributed by atoms with van der Waals surface area (Å²) in [6.07, 6.45) is 0. The van der Waals surface area contributed by atoms with Gasteiger partial charge in [0.05, 0.1) is 13.7 Å². The summed E-state index contributed by atoms with van der Waals surface area (Å²) in [5, 5.41) is 2.75. The van der Waals surface area contributed by atoms with Crippen LogP contribution in [0.2, 0.25) is 0 Å². The van der Waals surface area contributed by atoms with Gasteiger partial charge in [-0.25, -0.2) is 0 Å². The number of rotatable bonds is 5. The largest absolute Gasteiger partial charge is 0.496 e. The Morgan fingerprint density at radius 1 is 1.38 bits per heavy atom. The summed E-state index contributed by atoms with van der Waals surface area (Å²) < 4.78 is 10.2. The minimum absolute atomic E-state index is 0.0810. The number of carbonyl (C=O) groups excluding carboxylic acids is 1. The third kappa shape index (κ3) is 2.97. The van der Waals surface area contributed by atoms with E-state index in [9.17, 15) is 4.79 Å². The van der Waals surface area contributed by atoms with Gasteiger partial charge in [-0.3, -0.25) is 4.79 Å². The minimum Gasteiger partial charge on any atom is -0.496 e. The van der Waals surface area contributed by atoms with Crippen LogP contribution in [0.25, 0.3) is 0 Å². The van der Waals surface area contributed by atoms with Crippen LogP contribution in [0.1, 0.15) is 22.8 Å². The Hall–Kier alpha value is -1.55. The van der Waals surface area contributed by atoms with E-state index in [1.807, 2.05) is 6.92 Å². The second-order valence-corrected chi connectivity index (χ2v) is 3.32. The lowest BCUT2D eigenvalue weighted by atomic mass is 10.1. The number of carbonyl (C=O) groups is 1. The fourth-order valence-electron chi connectivity index (χ4n) is 1.45. The van der Waals surface area contributed by atoms with Crippen LogP contribution in [-0.2, 0) is 11.3 Å². The molecular weight excluding hydrogens is 206 g/mol. The molecule has 0 radical (unpaired) electrons. The van der Waals surface area contributed by atoms with Gasteiger partial charge in [0.1, 0.15) is 5.75 Å². The van der Waals surface area contributed by atoms with E-state index in [0.717, 1.165) is 11.3 Å². The molecular formula is C12H17NO3. The first kappa shape index (κ1) is 12.5. The van der Waals surface area contributed by atoms with Crippen molar-refractivity contribution >= 4 is 5.91 Å². The molecule has 0 heterocycles. The van der Waals surface area contributed by atoms with E-state index < -0.39 is 0 Å². The van der Waals surface area contributed by atoms with E-state index in [-0.39, 0.29) is 5.91 Å². The SMILES string of the molecule is CCNC(=O)c1ccc(OC)c(COC)c1. The summed E-state index contributed by atoms with van der Waals surface area (Å²) in [4.78, 5) is 11.6. The van der Waals surface area contributed by atoms with Crippen LogP contribution in [-0.4, -0.2) is 26.7 Å². The highest BCUT2D eigenvalue weighted by Crippen LogP contribution is 2.20. The molecule has 0 saturated heterocycles. The Balaban J connectivity index is 2.96. The number of hydrogen-bond donors (Lipinski definition) is 1. The number of benzene rings is 1. The Bertz CT molecular complexity index is 363. The maximum atomic E-state index is 11.6. The van der Waals surface area contributed by atoms with Crippen LogP contribution in [0, 0.1) is 0 Å². The predicted octanol–water partition coefficient (Wildman–Crippen LogP) is 1.59. The Morgan fingerprint density at radius 2 is 2.12 bits per heavy atom. The van der Waals surface area contributed by atoms with Crippen molar-refractivity contribution in [1.82, 2.24) is 5.32 Å². The summed E-state index contributed by atoms with van der Waals surface area (Å²) in [6, 6.07) is 5.30. The van der Waals surface area contributed by atoms with Gasteiger partial charge in [0.15, 0.2) is 0 Å². The number of amides is 1. The summed E-state index contributed by atoms with van der Waals surface area (Å²) in [5.74, 6) is 0.650. The Morgan fingerprint density at radius 3 is 2.69 bits per heavy atom. The fraction of sp³-hybridized carbons (Fsp3) is 0.417. The molecule has 1 amide bonds. The molecule has 88 valence electrons. The zero-order valence-corrected chi connectivity index (χ0v) is 9.87. The molecule has 0 fully saturated rings. The first-order valence-electron chi connectivity index (χ1n) is 5.17. The van der Waals surface area contributed by atoms with Gasteiger partial charge < -0.3 is 14.8 Å². The highest BCUT2D eigenvalue weighted by atomic mass is 16.5. The molecule has 1 aromatic carbocycles. The van der Waals surface area contributed by atoms with Crippen LogP contribution in [0.4, 0.5) is 0 Å². The summed E-state index contributed by atoms with van der Waals surface area (Å²) in [6.45, 7) is 2.93. The summed E-state index contributed by atoms with van der Waals surface area (Å²) >= 11 is 0. The van der Waals surface area contributed by atoms with E-state index in [4.69, 9.17) is 9.47 Å². The topological polar surface area (TPSA) is 47.6 Å². The van der Waals surface area contributed by atoms with Crippen molar-refractivity contribution < 1.29 is 14.3 Å². The maximum Gasteiger partial charge on any atom is 0.251 e. The first-order chi connectivity index (χ1) is 7.72. The first-order valence-corrected chi connectivity index (χ1v) is 5.17. The average molecular weight is 223 g/mol. The zero-order valence-electron chi connectivity index (χ0n) is 9.87. The van der Waals surface area contributed by atoms with E-state index >= 15 is 0 Å². The van der Waals surface area contributed by atoms with Crippen LogP contribution in [0.3, 0.4) is 0 Å². The molecule has 4 heteroatoms. The molecule has 0 aromatic heterocycles. The van der Waals surface area contributed by atoms with Crippen LogP contribution < -0.4 is 10.1 Å². The second kappa shape index (κ2) is 6.12. The third-order valence-electron chi connectivity index (χ3n) is 2.18. The van der Waals surface area contributed by atoms with E-state index in [1.165, 1.54) is 0 Å². The Labute approximate surface area is 95.6 Å². The number of nitrogens with one attached hydrogen (secondary N) is 1. The number of ether oxygens (including phenoxy) is 2. The Kier molecular flexibility index (Phi) is 4.79. The normalized spacial score (nSPS) is 9.94. The summed E-state index contributed by atoms with van der Waals surface area (Å²) in [5.41, 5.74) is 1.49. The zero-order chi connectivity index (χ0) is 12.0. The van der Waals surface area contributed by atoms with Crippen molar-refractivity contribution in [1.29, 1.82) is 0 Å². The lowest BCUT2D eigenvalue weighted by Crippen LogP contribution is -2.22. The quantitative estimate of drug-likeness (QED) is 0.824. The van der Waals surface area contributed by atoms with Crippen molar-refractivity contribution in [3.8, 4) is 5.75 Å². The predicted molar refractivity (Wildman–Crippen MR) is 61.7 cm³/mol. The molecule has 0 aliphatic carbocycles. The van der Waals surface area contributed by atoms with Crippen LogP contribution in [0.5, 0.6) is 5.75 Å². The van der Waals surface area contributed by atoms with Crippen molar-refractivity contribution in [2.75, 3.05) is 20.8 Å². The maximum absolute atomic E-state index is 11.6. The summed E-state index contributed by atoms with van der Waals surface area (Å²) in [7, 11) is 3.21. The lowest BCUT2D eigenvalue weighted by molar-refractivity contribution is 0.0955. The molecule has 0 bridgehead atoms. The van der Waals surface area contributed by atoms with Gasteiger partial charge in [0.25, 0.3) is 5.91 Å². The molecule has 0 spiro atoms. The van der Waals surface area contributed by atoms with Gasteiger partial charge in [-0.15, -0.1) is 0 Å². The van der Waals surface area contributed by atoms with Crippen molar-refractivity contribution in [3.05, 3.63) is 29.3 Å². The molecule has 0 aliphatic heterocycles. The van der Waals surface area contributed by atoms with Gasteiger partial charge in [0, 0.05) is 24.8 Å². The van der Waals surface area contributed by atoms with E-state index in [1.54, 1.807) is 32.4 Å². The van der Waals surface area contributed by atoms with Gasteiger partial charge in [0.2, 0.25) is 0 Å². The molecule has 16 heavy (non-hydrogen) atoms. The minimum atomic E-state index is -0.0810. The molecule has 0 saturated carbocycles. The van der Waals surface area contributed by atoms with Crippen molar-refractivity contribution in [3.63, 3.8) is 0 Å². The van der Waals surface area contributed by atoms with Gasteiger partial charge >= 0.3 is 0 Å². The average Bonchev–Trinajstić information content (AvgIpc) is 2.29. The highest BCUT2D eigenvalue weighted by molar-refractivity contribution is 5.94. The van der Waals surface area contributed by atoms with Gasteiger partial charge in [-0.2, -0.15) is 0 Å². The highest BCUT2D eigenvalue weighted by Gasteiger charge is 2.09. The molecule has 0 unspecified atom stereocenters. The smallest absolute Gasteiger partial charge is 0.251 e. The molecule has 0 aliphatic rings. The van der Waals surface area contributed by atoms with Crippen molar-refractivity contribution in [2.24, 2.45) is 0 Å². The van der Waals surface area contributed by atoms with Gasteiger partial charge in [-0.05, 0) is 25.1 Å². The molecule has 4 nitrogen and oxygen atoms in total. The van der Waals surface area contributed by atoms with E-state index in [0.29, 0.717) is 18.7 Å².